The van der Waals surface area contributed by atoms with E-state index in [4.69, 9.17) is 5.10 Å². The van der Waals surface area contributed by atoms with Gasteiger partial charge in [-0.2, -0.15) is 10.2 Å². The number of amides is 1. The Morgan fingerprint density at radius 3 is 2.62 bits per heavy atom. The van der Waals surface area contributed by atoms with Crippen molar-refractivity contribution in [2.75, 3.05) is 21.1 Å². The van der Waals surface area contributed by atoms with E-state index in [2.05, 4.69) is 15.5 Å². The van der Waals surface area contributed by atoms with Crippen LogP contribution in [0, 0.1) is 0 Å². The largest absolute Gasteiger partial charge is 0.359 e. The van der Waals surface area contributed by atoms with Crippen molar-refractivity contribution < 1.29 is 13.2 Å². The van der Waals surface area contributed by atoms with Crippen molar-refractivity contribution in [2.45, 2.75) is 24.2 Å². The molecule has 3 aromatic rings. The summed E-state index contributed by atoms with van der Waals surface area (Å²) in [6.07, 6.45) is 3.50. The second-order valence-corrected chi connectivity index (χ2v) is 9.23. The van der Waals surface area contributed by atoms with Crippen LogP contribution >= 0.6 is 0 Å². The van der Waals surface area contributed by atoms with Crippen LogP contribution in [0.2, 0.25) is 0 Å². The number of H-pyrrole nitrogens is 1. The van der Waals surface area contributed by atoms with Gasteiger partial charge in [-0.05, 0) is 37.1 Å². The molecule has 1 amide bonds. The first kappa shape index (κ1) is 19.3. The minimum absolute atomic E-state index is 0.108. The quantitative estimate of drug-likeness (QED) is 0.644. The number of sulfonamides is 1. The molecule has 0 fully saturated rings. The third kappa shape index (κ3) is 3.23. The number of aromatic nitrogens is 4. The summed E-state index contributed by atoms with van der Waals surface area (Å²) in [5.74, 6) is -0.108. The maximum absolute atomic E-state index is 12.3. The number of carbonyl (C=O) groups is 1. The van der Waals surface area contributed by atoms with E-state index in [9.17, 15) is 13.2 Å². The number of aromatic amines is 1. The van der Waals surface area contributed by atoms with E-state index in [1.165, 1.54) is 18.4 Å². The Morgan fingerprint density at radius 1 is 1.24 bits per heavy atom. The molecule has 4 rings (SSSR count). The van der Waals surface area contributed by atoms with Crippen molar-refractivity contribution in [3.8, 4) is 16.9 Å². The van der Waals surface area contributed by atoms with Gasteiger partial charge in [0.15, 0.2) is 0 Å². The maximum atomic E-state index is 12.3. The van der Waals surface area contributed by atoms with E-state index >= 15 is 0 Å². The van der Waals surface area contributed by atoms with E-state index in [0.29, 0.717) is 0 Å². The first-order chi connectivity index (χ1) is 13.8. The number of likely N-dealkylation sites (N-methyl/N-ethyl adjacent to an activating group) is 1. The normalized spacial score (nSPS) is 13.2. The highest BCUT2D eigenvalue weighted by Gasteiger charge is 2.28. The van der Waals surface area contributed by atoms with Crippen LogP contribution in [0.15, 0.2) is 35.4 Å². The zero-order chi connectivity index (χ0) is 20.8. The SMILES string of the molecule is CNC(=O)Cc1nn(-c2ccc(S(=O)(=O)N(C)C)cc2)c2c1CCc1[nH]ncc1-2. The second kappa shape index (κ2) is 7.12. The van der Waals surface area contributed by atoms with Crippen molar-refractivity contribution in [3.63, 3.8) is 0 Å². The van der Waals surface area contributed by atoms with Crippen LogP contribution in [0.3, 0.4) is 0 Å². The molecule has 2 N–H and O–H groups in total. The lowest BCUT2D eigenvalue weighted by Crippen LogP contribution is -2.22. The summed E-state index contributed by atoms with van der Waals surface area (Å²) < 4.78 is 27.6. The molecule has 9 nitrogen and oxygen atoms in total. The molecule has 0 saturated carbocycles. The van der Waals surface area contributed by atoms with Crippen molar-refractivity contribution >= 4 is 15.9 Å². The van der Waals surface area contributed by atoms with Crippen LogP contribution in [0.1, 0.15) is 17.0 Å². The van der Waals surface area contributed by atoms with Gasteiger partial charge >= 0.3 is 0 Å². The molecule has 1 aromatic carbocycles. The Balaban J connectivity index is 1.83. The zero-order valence-electron chi connectivity index (χ0n) is 16.4. The third-order valence-corrected chi connectivity index (χ3v) is 6.96. The van der Waals surface area contributed by atoms with Crippen molar-refractivity contribution in [3.05, 3.63) is 47.4 Å². The molecule has 2 heterocycles. The van der Waals surface area contributed by atoms with Gasteiger partial charge in [-0.15, -0.1) is 0 Å². The fraction of sp³-hybridized carbons (Fsp3) is 0.316. The summed E-state index contributed by atoms with van der Waals surface area (Å²) in [5.41, 5.74) is 5.32. The van der Waals surface area contributed by atoms with E-state index in [-0.39, 0.29) is 17.2 Å². The van der Waals surface area contributed by atoms with Crippen molar-refractivity contribution in [2.24, 2.45) is 0 Å². The molecule has 0 saturated heterocycles. The number of nitrogens with one attached hydrogen (secondary N) is 2. The molecular weight excluding hydrogens is 392 g/mol. The van der Waals surface area contributed by atoms with Crippen LogP contribution in [-0.2, 0) is 34.1 Å². The van der Waals surface area contributed by atoms with Gasteiger partial charge in [0.05, 0.1) is 34.6 Å². The van der Waals surface area contributed by atoms with Crippen LogP contribution < -0.4 is 5.32 Å². The average Bonchev–Trinajstić information content (AvgIpc) is 3.32. The van der Waals surface area contributed by atoms with Gasteiger partial charge in [-0.25, -0.2) is 17.4 Å². The summed E-state index contributed by atoms with van der Waals surface area (Å²) in [5, 5.41) is 14.5. The lowest BCUT2D eigenvalue weighted by Gasteiger charge is -2.15. The molecule has 29 heavy (non-hydrogen) atoms. The first-order valence-corrected chi connectivity index (χ1v) is 10.6. The van der Waals surface area contributed by atoms with Gasteiger partial charge in [0.1, 0.15) is 0 Å². The number of nitrogens with zero attached hydrogens (tertiary/aromatic N) is 4. The molecule has 0 atom stereocenters. The Kier molecular flexibility index (Phi) is 4.75. The fourth-order valence-corrected chi connectivity index (χ4v) is 4.43. The molecule has 1 aliphatic rings. The van der Waals surface area contributed by atoms with Gasteiger partial charge in [-0.1, -0.05) is 0 Å². The minimum atomic E-state index is -3.51. The number of rotatable bonds is 5. The molecule has 0 spiro atoms. The minimum Gasteiger partial charge on any atom is -0.359 e. The average molecular weight is 414 g/mol. The topological polar surface area (TPSA) is 113 Å². The third-order valence-electron chi connectivity index (χ3n) is 5.13. The molecular formula is C19H22N6O3S. The van der Waals surface area contributed by atoms with Gasteiger partial charge in [0.2, 0.25) is 15.9 Å². The predicted octanol–water partition coefficient (Wildman–Crippen LogP) is 0.900. The molecule has 152 valence electrons. The standard InChI is InChI=1S/C19H22N6O3S/c1-20-18(26)10-17-14-8-9-16-15(11-21-22-16)19(14)25(23-17)12-4-6-13(7-5-12)29(27,28)24(2)3/h4-7,11H,8-10H2,1-3H3,(H,20,26)(H,21,22). The number of fused-ring (bicyclic) bond motifs is 3. The smallest absolute Gasteiger partial charge is 0.242 e. The van der Waals surface area contributed by atoms with Crippen molar-refractivity contribution in [1.82, 2.24) is 29.6 Å². The highest BCUT2D eigenvalue weighted by Crippen LogP contribution is 2.36. The Hall–Kier alpha value is -2.98. The molecule has 2 aromatic heterocycles. The fourth-order valence-electron chi connectivity index (χ4n) is 3.53. The van der Waals surface area contributed by atoms with Crippen LogP contribution in [0.25, 0.3) is 16.9 Å². The summed E-state index contributed by atoms with van der Waals surface area (Å²) in [6, 6.07) is 6.58. The van der Waals surface area contributed by atoms with Crippen molar-refractivity contribution in [1.29, 1.82) is 0 Å². The summed E-state index contributed by atoms with van der Waals surface area (Å²) >= 11 is 0. The number of benzene rings is 1. The lowest BCUT2D eigenvalue weighted by atomic mass is 9.93. The molecule has 0 bridgehead atoms. The molecule has 0 radical (unpaired) electrons. The maximum Gasteiger partial charge on any atom is 0.242 e. The molecule has 10 heteroatoms. The van der Waals surface area contributed by atoms with Crippen LogP contribution in [0.5, 0.6) is 0 Å². The van der Waals surface area contributed by atoms with Gasteiger partial charge in [-0.3, -0.25) is 9.89 Å². The molecule has 0 aliphatic heterocycles. The summed E-state index contributed by atoms with van der Waals surface area (Å²) in [7, 11) is 1.09. The van der Waals surface area contributed by atoms with Crippen LogP contribution in [0.4, 0.5) is 0 Å². The monoisotopic (exact) mass is 414 g/mol. The Labute approximate surface area is 168 Å². The number of aryl methyl sites for hydroxylation is 1. The first-order valence-electron chi connectivity index (χ1n) is 9.20. The predicted molar refractivity (Wildman–Crippen MR) is 107 cm³/mol. The highest BCUT2D eigenvalue weighted by atomic mass is 32.2. The summed E-state index contributed by atoms with van der Waals surface area (Å²) in [6.45, 7) is 0. The van der Waals surface area contributed by atoms with E-state index < -0.39 is 10.0 Å². The zero-order valence-corrected chi connectivity index (χ0v) is 17.2. The second-order valence-electron chi connectivity index (χ2n) is 7.08. The number of hydrogen-bond donors (Lipinski definition) is 2. The number of carbonyl (C=O) groups excluding carboxylic acids is 1. The number of hydrogen-bond acceptors (Lipinski definition) is 5. The Bertz CT molecular complexity index is 1180. The van der Waals surface area contributed by atoms with Gasteiger partial charge in [0.25, 0.3) is 0 Å². The van der Waals surface area contributed by atoms with E-state index in [0.717, 1.165) is 46.7 Å². The summed E-state index contributed by atoms with van der Waals surface area (Å²) in [4.78, 5) is 12.2. The highest BCUT2D eigenvalue weighted by molar-refractivity contribution is 7.89. The van der Waals surface area contributed by atoms with E-state index in [1.807, 2.05) is 0 Å². The molecule has 0 unspecified atom stereocenters. The van der Waals surface area contributed by atoms with Gasteiger partial charge < -0.3 is 5.32 Å². The van der Waals surface area contributed by atoms with Gasteiger partial charge in [0, 0.05) is 38.0 Å². The molecule has 1 aliphatic carbocycles. The lowest BCUT2D eigenvalue weighted by molar-refractivity contribution is -0.120. The van der Waals surface area contributed by atoms with E-state index in [1.54, 1.807) is 42.2 Å². The Morgan fingerprint density at radius 2 is 1.97 bits per heavy atom. The van der Waals surface area contributed by atoms with Crippen LogP contribution in [-0.4, -0.2) is 59.8 Å².